The summed E-state index contributed by atoms with van der Waals surface area (Å²) in [4.78, 5) is 56.2. The van der Waals surface area contributed by atoms with Crippen molar-refractivity contribution in [2.75, 3.05) is 0 Å². The molecular weight excluding hydrogens is 614 g/mol. The molecule has 15 heteroatoms. The molecule has 6 N–H and O–H groups in total. The Hall–Kier alpha value is -5.05. The van der Waals surface area contributed by atoms with Gasteiger partial charge in [0.05, 0.1) is 29.7 Å². The minimum Gasteiger partial charge on any atom is -0.507 e. The first-order valence-corrected chi connectivity index (χ1v) is 14.2. The maximum atomic E-state index is 14.7. The third-order valence-corrected chi connectivity index (χ3v) is 7.68. The molecule has 1 aliphatic rings. The van der Waals surface area contributed by atoms with Gasteiger partial charge in [-0.3, -0.25) is 19.2 Å². The predicted octanol–water partition coefficient (Wildman–Crippen LogP) is 1.41. The molecule has 1 aromatic heterocycles. The van der Waals surface area contributed by atoms with E-state index in [4.69, 9.17) is 0 Å². The summed E-state index contributed by atoms with van der Waals surface area (Å²) in [6.07, 6.45) is -2.93. The molecular formula is C31H31F4N5O6. The molecule has 4 amide bonds. The number of hydrogen-bond acceptors (Lipinski definition) is 7. The van der Waals surface area contributed by atoms with Crippen molar-refractivity contribution in [1.82, 2.24) is 26.3 Å². The van der Waals surface area contributed by atoms with Crippen molar-refractivity contribution >= 4 is 23.6 Å². The lowest BCUT2D eigenvalue weighted by atomic mass is 9.91. The zero-order chi connectivity index (χ0) is 33.7. The first kappa shape index (κ1) is 33.8. The summed E-state index contributed by atoms with van der Waals surface area (Å²) in [6, 6.07) is 8.15. The van der Waals surface area contributed by atoms with Crippen LogP contribution >= 0.6 is 0 Å². The fraction of sp³-hybridized carbons (Fsp3) is 0.323. The number of carbonyl (C=O) groups excluding carboxylic acids is 4. The van der Waals surface area contributed by atoms with Gasteiger partial charge in [0.25, 0.3) is 11.9 Å². The average Bonchev–Trinajstić information content (AvgIpc) is 3.02. The predicted molar refractivity (Wildman–Crippen MR) is 154 cm³/mol. The Morgan fingerprint density at radius 2 is 1.48 bits per heavy atom. The van der Waals surface area contributed by atoms with Crippen LogP contribution in [0.15, 0.2) is 54.6 Å². The Morgan fingerprint density at radius 3 is 2.15 bits per heavy atom. The SMILES string of the molecule is C[C@H]1NC(=O)C(Cc2ccccc2)NC(=O)[C@H](C)[C@H](O)[C@H](Cc2c(F)nc(F)c(F)c2F)NC(=O)[C@H]1NC(=O)c1ccccc1O. The zero-order valence-electron chi connectivity index (χ0n) is 24.6. The van der Waals surface area contributed by atoms with Crippen LogP contribution in [0.25, 0.3) is 0 Å². The fourth-order valence-electron chi connectivity index (χ4n) is 5.02. The fourth-order valence-corrected chi connectivity index (χ4v) is 5.02. The molecule has 0 bridgehead atoms. The number of nitrogens with zero attached hydrogens (tertiary/aromatic N) is 1. The van der Waals surface area contributed by atoms with Gasteiger partial charge in [0, 0.05) is 18.4 Å². The Kier molecular flexibility index (Phi) is 10.6. The molecule has 1 unspecified atom stereocenters. The molecule has 2 aromatic carbocycles. The molecule has 3 aromatic rings. The summed E-state index contributed by atoms with van der Waals surface area (Å²) in [6.45, 7) is 2.58. The highest BCUT2D eigenvalue weighted by Gasteiger charge is 2.39. The summed E-state index contributed by atoms with van der Waals surface area (Å²) in [5.41, 5.74) is -0.704. The topological polar surface area (TPSA) is 170 Å². The number of aromatic hydroxyl groups is 1. The van der Waals surface area contributed by atoms with E-state index in [-0.39, 0.29) is 12.0 Å². The number of carbonyl (C=O) groups is 4. The summed E-state index contributed by atoms with van der Waals surface area (Å²) in [5.74, 6) is -13.4. The Balaban J connectivity index is 1.75. The van der Waals surface area contributed by atoms with E-state index in [0.717, 1.165) is 0 Å². The largest absolute Gasteiger partial charge is 0.507 e. The monoisotopic (exact) mass is 645 g/mol. The first-order valence-electron chi connectivity index (χ1n) is 14.2. The van der Waals surface area contributed by atoms with E-state index in [9.17, 15) is 47.0 Å². The van der Waals surface area contributed by atoms with E-state index >= 15 is 0 Å². The highest BCUT2D eigenvalue weighted by molar-refractivity contribution is 6.00. The van der Waals surface area contributed by atoms with Crippen molar-refractivity contribution in [3.8, 4) is 5.75 Å². The van der Waals surface area contributed by atoms with Crippen molar-refractivity contribution < 1.29 is 47.0 Å². The van der Waals surface area contributed by atoms with Crippen molar-refractivity contribution in [2.45, 2.75) is 57.0 Å². The molecule has 0 radical (unpaired) electrons. The van der Waals surface area contributed by atoms with Crippen LogP contribution in [0.4, 0.5) is 17.6 Å². The van der Waals surface area contributed by atoms with Crippen LogP contribution in [0.2, 0.25) is 0 Å². The molecule has 0 spiro atoms. The van der Waals surface area contributed by atoms with Crippen LogP contribution in [-0.4, -0.2) is 69.1 Å². The highest BCUT2D eigenvalue weighted by Crippen LogP contribution is 2.22. The lowest BCUT2D eigenvalue weighted by Gasteiger charge is -2.34. The second kappa shape index (κ2) is 14.4. The number of rotatable bonds is 6. The van der Waals surface area contributed by atoms with Crippen molar-refractivity contribution in [1.29, 1.82) is 0 Å². The molecule has 46 heavy (non-hydrogen) atoms. The maximum Gasteiger partial charge on any atom is 0.255 e. The third kappa shape index (κ3) is 7.59. The number of amides is 4. The number of phenols is 1. The van der Waals surface area contributed by atoms with Gasteiger partial charge in [-0.25, -0.2) is 4.39 Å². The number of pyridine rings is 1. The number of nitrogens with one attached hydrogen (secondary N) is 4. The average molecular weight is 646 g/mol. The molecule has 6 atom stereocenters. The molecule has 2 heterocycles. The molecule has 1 saturated heterocycles. The summed E-state index contributed by atoms with van der Waals surface area (Å²) < 4.78 is 56.8. The number of aromatic nitrogens is 1. The van der Waals surface area contributed by atoms with Gasteiger partial charge in [-0.1, -0.05) is 49.4 Å². The number of aliphatic hydroxyl groups is 1. The number of aliphatic hydroxyl groups excluding tert-OH is 1. The van der Waals surface area contributed by atoms with Crippen LogP contribution in [0, 0.1) is 29.4 Å². The van der Waals surface area contributed by atoms with Crippen molar-refractivity contribution in [2.24, 2.45) is 5.92 Å². The van der Waals surface area contributed by atoms with Crippen molar-refractivity contribution in [3.05, 3.63) is 94.8 Å². The molecule has 11 nitrogen and oxygen atoms in total. The van der Waals surface area contributed by atoms with Crippen molar-refractivity contribution in [3.63, 3.8) is 0 Å². The Morgan fingerprint density at radius 1 is 0.826 bits per heavy atom. The van der Waals surface area contributed by atoms with Gasteiger partial charge in [0.15, 0.2) is 5.82 Å². The molecule has 4 rings (SSSR count). The number of benzene rings is 2. The summed E-state index contributed by atoms with van der Waals surface area (Å²) >= 11 is 0. The summed E-state index contributed by atoms with van der Waals surface area (Å²) in [7, 11) is 0. The van der Waals surface area contributed by atoms with E-state index < -0.39 is 101 Å². The van der Waals surface area contributed by atoms with E-state index in [1.54, 1.807) is 30.3 Å². The molecule has 0 saturated carbocycles. The van der Waals surface area contributed by atoms with E-state index in [2.05, 4.69) is 26.3 Å². The van der Waals surface area contributed by atoms with E-state index in [0.29, 0.717) is 5.56 Å². The lowest BCUT2D eigenvalue weighted by Crippen LogP contribution is -2.64. The maximum absolute atomic E-state index is 14.7. The first-order chi connectivity index (χ1) is 21.8. The number of para-hydroxylation sites is 1. The van der Waals surface area contributed by atoms with Gasteiger partial charge in [-0.15, -0.1) is 0 Å². The number of hydrogen-bond donors (Lipinski definition) is 6. The van der Waals surface area contributed by atoms with E-state index in [1.807, 2.05) is 0 Å². The van der Waals surface area contributed by atoms with Gasteiger partial charge in [-0.05, 0) is 24.6 Å². The second-order valence-electron chi connectivity index (χ2n) is 10.9. The highest BCUT2D eigenvalue weighted by atomic mass is 19.2. The summed E-state index contributed by atoms with van der Waals surface area (Å²) in [5, 5.41) is 31.3. The zero-order valence-corrected chi connectivity index (χ0v) is 24.6. The van der Waals surface area contributed by atoms with Crippen LogP contribution in [-0.2, 0) is 27.2 Å². The van der Waals surface area contributed by atoms with Crippen LogP contribution < -0.4 is 21.3 Å². The smallest absolute Gasteiger partial charge is 0.255 e. The minimum atomic E-state index is -2.09. The van der Waals surface area contributed by atoms with E-state index in [1.165, 1.54) is 38.1 Å². The number of halogens is 4. The van der Waals surface area contributed by atoms with Gasteiger partial charge in [0.1, 0.15) is 17.8 Å². The second-order valence-corrected chi connectivity index (χ2v) is 10.9. The lowest BCUT2D eigenvalue weighted by molar-refractivity contribution is -0.136. The Bertz CT molecular complexity index is 1630. The normalized spacial score (nSPS) is 24.1. The minimum absolute atomic E-state index is 0.0184. The molecule has 0 aliphatic carbocycles. The van der Waals surface area contributed by atoms with Gasteiger partial charge >= 0.3 is 0 Å². The standard InChI is InChI=1S/C31H31F4N5O6/c1-14-25(42)19(13-18-22(32)23(33)27(35)40-26(18)34)37-31(46)24(39-29(44)17-10-6-7-11-21(17)41)15(2)36-30(45)20(38-28(14)43)12-16-8-4-3-5-9-16/h3-11,14-15,19-20,24-25,41-42H,12-13H2,1-2H3,(H,36,45)(H,37,46)(H,38,43)(H,39,44)/t14-,15-,19+,20?,24+,25+/m1/s1. The van der Waals surface area contributed by atoms with Crippen LogP contribution in [0.3, 0.4) is 0 Å². The van der Waals surface area contributed by atoms with Gasteiger partial charge in [-0.2, -0.15) is 18.2 Å². The van der Waals surface area contributed by atoms with Gasteiger partial charge < -0.3 is 31.5 Å². The third-order valence-electron chi connectivity index (χ3n) is 7.68. The molecule has 1 aliphatic heterocycles. The van der Waals surface area contributed by atoms with Crippen LogP contribution in [0.5, 0.6) is 5.75 Å². The quantitative estimate of drug-likeness (QED) is 0.174. The Labute approximate surface area is 260 Å². The number of phenolic OH excluding ortho intramolecular Hbond substituents is 1. The molecule has 1 fully saturated rings. The molecule has 244 valence electrons. The van der Waals surface area contributed by atoms with Gasteiger partial charge in [0.2, 0.25) is 29.5 Å². The van der Waals surface area contributed by atoms with Crippen LogP contribution in [0.1, 0.15) is 35.3 Å².